The van der Waals surface area contributed by atoms with Crippen molar-refractivity contribution in [3.63, 3.8) is 0 Å². The normalized spacial score (nSPS) is 16.1. The van der Waals surface area contributed by atoms with Crippen molar-refractivity contribution < 1.29 is 4.52 Å². The quantitative estimate of drug-likeness (QED) is 0.652. The van der Waals surface area contributed by atoms with Crippen LogP contribution in [0.4, 0.5) is 0 Å². The van der Waals surface area contributed by atoms with E-state index in [0.717, 1.165) is 37.2 Å². The summed E-state index contributed by atoms with van der Waals surface area (Å²) in [7, 11) is 0. The minimum Gasteiger partial charge on any atom is -0.338 e. The summed E-state index contributed by atoms with van der Waals surface area (Å²) in [6.45, 7) is 4.04. The van der Waals surface area contributed by atoms with Gasteiger partial charge >= 0.3 is 0 Å². The van der Waals surface area contributed by atoms with E-state index in [9.17, 15) is 4.79 Å². The number of hydrogen-bond donors (Lipinski definition) is 1. The van der Waals surface area contributed by atoms with Crippen molar-refractivity contribution in [2.45, 2.75) is 55.9 Å². The summed E-state index contributed by atoms with van der Waals surface area (Å²) in [5.41, 5.74) is 0.701. The van der Waals surface area contributed by atoms with Gasteiger partial charge in [0.25, 0.3) is 5.56 Å². The third-order valence-electron chi connectivity index (χ3n) is 3.32. The second-order valence-electron chi connectivity index (χ2n) is 5.32. The third-order valence-corrected chi connectivity index (χ3v) is 4.29. The van der Waals surface area contributed by atoms with E-state index in [1.54, 1.807) is 6.07 Å². The van der Waals surface area contributed by atoms with Gasteiger partial charge in [-0.2, -0.15) is 4.98 Å². The van der Waals surface area contributed by atoms with Gasteiger partial charge in [-0.1, -0.05) is 30.3 Å². The van der Waals surface area contributed by atoms with Gasteiger partial charge in [0.15, 0.2) is 11.0 Å². The Kier molecular flexibility index (Phi) is 4.10. The molecule has 21 heavy (non-hydrogen) atoms. The van der Waals surface area contributed by atoms with Crippen molar-refractivity contribution in [2.24, 2.45) is 0 Å². The van der Waals surface area contributed by atoms with E-state index >= 15 is 0 Å². The number of hydrogen-bond acceptors (Lipinski definition) is 6. The molecule has 0 aliphatic heterocycles. The Morgan fingerprint density at radius 3 is 3.00 bits per heavy atom. The lowest BCUT2D eigenvalue weighted by Gasteiger charge is -2.06. The number of aryl methyl sites for hydroxylation is 1. The highest BCUT2D eigenvalue weighted by atomic mass is 32.2. The zero-order valence-electron chi connectivity index (χ0n) is 12.1. The molecule has 0 bridgehead atoms. The number of H-pyrrole nitrogens is 1. The molecule has 112 valence electrons. The molecule has 1 aliphatic carbocycles. The standard InChI is InChI=1S/C14H18N4O2S/c1-3-4-10-7-11(19)16-14(15-10)21-8(2)13-17-12(18-20-13)9-5-6-9/h7-9H,3-6H2,1-2H3,(H,15,16,19)/t8-/m1/s1. The molecule has 2 aromatic rings. The van der Waals surface area contributed by atoms with Gasteiger partial charge in [0.1, 0.15) is 0 Å². The molecule has 1 saturated carbocycles. The molecule has 2 heterocycles. The Balaban J connectivity index is 1.73. The van der Waals surface area contributed by atoms with Crippen LogP contribution in [0.1, 0.15) is 61.7 Å². The topological polar surface area (TPSA) is 84.7 Å². The van der Waals surface area contributed by atoms with Gasteiger partial charge < -0.3 is 9.51 Å². The Labute approximate surface area is 126 Å². The van der Waals surface area contributed by atoms with Crippen LogP contribution in [0.15, 0.2) is 20.5 Å². The summed E-state index contributed by atoms with van der Waals surface area (Å²) in [5, 5.41) is 4.58. The first-order valence-corrected chi connectivity index (χ1v) is 8.14. The van der Waals surface area contributed by atoms with E-state index in [2.05, 4.69) is 27.0 Å². The monoisotopic (exact) mass is 306 g/mol. The maximum Gasteiger partial charge on any atom is 0.251 e. The van der Waals surface area contributed by atoms with Gasteiger partial charge in [-0.3, -0.25) is 4.79 Å². The van der Waals surface area contributed by atoms with Crippen LogP contribution < -0.4 is 5.56 Å². The highest BCUT2D eigenvalue weighted by Crippen LogP contribution is 2.39. The molecule has 0 amide bonds. The van der Waals surface area contributed by atoms with Crippen LogP contribution in [0.25, 0.3) is 0 Å². The molecular formula is C14H18N4O2S. The number of thioether (sulfide) groups is 1. The van der Waals surface area contributed by atoms with E-state index < -0.39 is 0 Å². The van der Waals surface area contributed by atoms with Crippen molar-refractivity contribution in [1.29, 1.82) is 0 Å². The second-order valence-corrected chi connectivity index (χ2v) is 6.65. The van der Waals surface area contributed by atoms with Gasteiger partial charge in [0.2, 0.25) is 5.89 Å². The number of rotatable bonds is 6. The largest absolute Gasteiger partial charge is 0.338 e. The first-order valence-electron chi connectivity index (χ1n) is 7.26. The van der Waals surface area contributed by atoms with Gasteiger partial charge in [-0.05, 0) is 26.2 Å². The van der Waals surface area contributed by atoms with Crippen LogP contribution in [-0.2, 0) is 6.42 Å². The van der Waals surface area contributed by atoms with Gasteiger partial charge in [-0.15, -0.1) is 0 Å². The van der Waals surface area contributed by atoms with Gasteiger partial charge in [-0.25, -0.2) is 4.98 Å². The predicted molar refractivity (Wildman–Crippen MR) is 79.4 cm³/mol. The van der Waals surface area contributed by atoms with Crippen LogP contribution in [0, 0.1) is 0 Å². The van der Waals surface area contributed by atoms with E-state index in [4.69, 9.17) is 4.52 Å². The Morgan fingerprint density at radius 1 is 1.48 bits per heavy atom. The van der Waals surface area contributed by atoms with Gasteiger partial charge in [0.05, 0.1) is 5.25 Å². The van der Waals surface area contributed by atoms with Crippen molar-refractivity contribution in [3.05, 3.63) is 33.8 Å². The summed E-state index contributed by atoms with van der Waals surface area (Å²) in [6.07, 6.45) is 4.06. The van der Waals surface area contributed by atoms with Crippen LogP contribution in [0.5, 0.6) is 0 Å². The van der Waals surface area contributed by atoms with Crippen LogP contribution in [0.3, 0.4) is 0 Å². The molecule has 0 saturated heterocycles. The maximum absolute atomic E-state index is 11.6. The zero-order valence-corrected chi connectivity index (χ0v) is 12.9. The van der Waals surface area contributed by atoms with Gasteiger partial charge in [0, 0.05) is 17.7 Å². The number of nitrogens with zero attached hydrogens (tertiary/aromatic N) is 3. The molecule has 0 radical (unpaired) electrons. The van der Waals surface area contributed by atoms with E-state index in [1.165, 1.54) is 11.8 Å². The van der Waals surface area contributed by atoms with Crippen molar-refractivity contribution in [3.8, 4) is 0 Å². The zero-order chi connectivity index (χ0) is 14.8. The maximum atomic E-state index is 11.6. The average Bonchev–Trinajstić information content (AvgIpc) is 3.16. The first-order chi connectivity index (χ1) is 10.2. The van der Waals surface area contributed by atoms with Crippen molar-refractivity contribution in [1.82, 2.24) is 20.1 Å². The first kappa shape index (κ1) is 14.3. The Hall–Kier alpha value is -1.63. The van der Waals surface area contributed by atoms with Crippen molar-refractivity contribution >= 4 is 11.8 Å². The molecule has 0 aromatic carbocycles. The van der Waals surface area contributed by atoms with E-state index in [0.29, 0.717) is 17.0 Å². The molecule has 0 unspecified atom stereocenters. The molecule has 1 aliphatic rings. The van der Waals surface area contributed by atoms with Crippen molar-refractivity contribution in [2.75, 3.05) is 0 Å². The number of aromatic amines is 1. The Morgan fingerprint density at radius 2 is 2.29 bits per heavy atom. The molecule has 1 atom stereocenters. The lowest BCUT2D eigenvalue weighted by atomic mass is 10.2. The molecule has 1 N–H and O–H groups in total. The van der Waals surface area contributed by atoms with Crippen LogP contribution >= 0.6 is 11.8 Å². The summed E-state index contributed by atoms with van der Waals surface area (Å²) in [6, 6.07) is 1.55. The molecule has 2 aromatic heterocycles. The molecule has 6 nitrogen and oxygen atoms in total. The minimum atomic E-state index is -0.118. The molecule has 1 fully saturated rings. The third kappa shape index (κ3) is 3.53. The summed E-state index contributed by atoms with van der Waals surface area (Å²) in [5.74, 6) is 1.87. The Bertz CT molecular complexity index is 678. The lowest BCUT2D eigenvalue weighted by molar-refractivity contribution is 0.374. The van der Waals surface area contributed by atoms with E-state index in [-0.39, 0.29) is 10.8 Å². The van der Waals surface area contributed by atoms with E-state index in [1.807, 2.05) is 6.92 Å². The minimum absolute atomic E-state index is 0.0370. The molecule has 7 heteroatoms. The van der Waals surface area contributed by atoms with Crippen LogP contribution in [0.2, 0.25) is 0 Å². The predicted octanol–water partition coefficient (Wildman–Crippen LogP) is 2.84. The fraction of sp³-hybridized carbons (Fsp3) is 0.571. The lowest BCUT2D eigenvalue weighted by Crippen LogP contribution is -2.10. The highest BCUT2D eigenvalue weighted by Gasteiger charge is 2.29. The molecule has 0 spiro atoms. The fourth-order valence-electron chi connectivity index (χ4n) is 2.06. The average molecular weight is 306 g/mol. The molecular weight excluding hydrogens is 288 g/mol. The highest BCUT2D eigenvalue weighted by molar-refractivity contribution is 7.99. The SMILES string of the molecule is CCCc1cc(=O)[nH]c(S[C@H](C)c2nc(C3CC3)no2)n1. The summed E-state index contributed by atoms with van der Waals surface area (Å²) < 4.78 is 5.31. The molecule has 3 rings (SSSR count). The van der Waals surface area contributed by atoms with Crippen LogP contribution in [-0.4, -0.2) is 20.1 Å². The fourth-order valence-corrected chi connectivity index (χ4v) is 2.92. The summed E-state index contributed by atoms with van der Waals surface area (Å²) >= 11 is 1.43. The summed E-state index contributed by atoms with van der Waals surface area (Å²) in [4.78, 5) is 23.3. The second kappa shape index (κ2) is 6.01. The number of aromatic nitrogens is 4. The number of nitrogens with one attached hydrogen (secondary N) is 1. The smallest absolute Gasteiger partial charge is 0.251 e.